The minimum absolute atomic E-state index is 0.0146. The predicted molar refractivity (Wildman–Crippen MR) is 109 cm³/mol. The number of nitrogens with zero attached hydrogens (tertiary/aromatic N) is 6. The van der Waals surface area contributed by atoms with Crippen molar-refractivity contribution in [2.75, 3.05) is 0 Å². The number of non-ortho nitro benzene ring substituents is 1. The Kier molecular flexibility index (Phi) is 4.99. The van der Waals surface area contributed by atoms with Gasteiger partial charge in [-0.3, -0.25) is 24.9 Å². The van der Waals surface area contributed by atoms with Crippen LogP contribution in [0, 0.1) is 34.1 Å². The number of rotatable bonds is 6. The van der Waals surface area contributed by atoms with E-state index in [9.17, 15) is 20.2 Å². The second-order valence-electron chi connectivity index (χ2n) is 6.86. The largest absolute Gasteiger partial charge is 0.334 e. The molecule has 0 aliphatic carbocycles. The zero-order chi connectivity index (χ0) is 22.1. The Morgan fingerprint density at radius 1 is 1.00 bits per heavy atom. The Bertz CT molecular complexity index is 1290. The number of hydrogen-bond acceptors (Lipinski definition) is 8. The first-order valence-electron chi connectivity index (χ1n) is 9.19. The zero-order valence-electron chi connectivity index (χ0n) is 16.6. The minimum atomic E-state index is -0.478. The normalized spacial score (nSPS) is 10.9. The van der Waals surface area contributed by atoms with Gasteiger partial charge in [0.15, 0.2) is 0 Å². The Morgan fingerprint density at radius 2 is 1.74 bits per heavy atom. The molecule has 0 fully saturated rings. The summed E-state index contributed by atoms with van der Waals surface area (Å²) in [5.41, 5.74) is 2.95. The molecule has 0 amide bonds. The maximum atomic E-state index is 11.2. The van der Waals surface area contributed by atoms with Crippen LogP contribution in [0.3, 0.4) is 0 Å². The van der Waals surface area contributed by atoms with Crippen molar-refractivity contribution in [2.45, 2.75) is 20.4 Å². The third-order valence-electron chi connectivity index (χ3n) is 4.79. The van der Waals surface area contributed by atoms with E-state index in [4.69, 9.17) is 4.52 Å². The van der Waals surface area contributed by atoms with Crippen LogP contribution in [0.1, 0.15) is 17.0 Å². The molecular formula is C20H16N6O5. The van der Waals surface area contributed by atoms with E-state index >= 15 is 0 Å². The molecule has 31 heavy (non-hydrogen) atoms. The van der Waals surface area contributed by atoms with E-state index < -0.39 is 9.85 Å². The van der Waals surface area contributed by atoms with Gasteiger partial charge >= 0.3 is 5.69 Å². The molecule has 4 aromatic rings. The summed E-state index contributed by atoms with van der Waals surface area (Å²) in [6, 6.07) is 13.2. The quantitative estimate of drug-likeness (QED) is 0.335. The van der Waals surface area contributed by atoms with Crippen LogP contribution in [0.2, 0.25) is 0 Å². The molecule has 0 atom stereocenters. The molecule has 156 valence electrons. The maximum Gasteiger partial charge on any atom is 0.312 e. The second-order valence-corrected chi connectivity index (χ2v) is 6.86. The highest BCUT2D eigenvalue weighted by Gasteiger charge is 2.22. The van der Waals surface area contributed by atoms with Crippen LogP contribution in [0.25, 0.3) is 22.8 Å². The highest BCUT2D eigenvalue weighted by Crippen LogP contribution is 2.26. The maximum absolute atomic E-state index is 11.2. The van der Waals surface area contributed by atoms with Gasteiger partial charge in [-0.1, -0.05) is 17.3 Å². The lowest BCUT2D eigenvalue weighted by atomic mass is 10.1. The van der Waals surface area contributed by atoms with E-state index in [1.165, 1.54) is 12.1 Å². The van der Waals surface area contributed by atoms with Crippen LogP contribution in [-0.4, -0.2) is 29.8 Å². The molecule has 11 nitrogen and oxygen atoms in total. The van der Waals surface area contributed by atoms with Gasteiger partial charge in [-0.15, -0.1) is 0 Å². The molecule has 0 N–H and O–H groups in total. The molecule has 0 radical (unpaired) electrons. The molecule has 11 heteroatoms. The van der Waals surface area contributed by atoms with E-state index in [-0.39, 0.29) is 17.3 Å². The van der Waals surface area contributed by atoms with Crippen molar-refractivity contribution in [1.82, 2.24) is 19.9 Å². The topological polar surface area (TPSA) is 143 Å². The monoisotopic (exact) mass is 420 g/mol. The number of aromatic nitrogens is 4. The fraction of sp³-hybridized carbons (Fsp3) is 0.150. The molecule has 0 bridgehead atoms. The molecule has 2 heterocycles. The van der Waals surface area contributed by atoms with E-state index in [0.29, 0.717) is 34.9 Å². The molecule has 0 saturated carbocycles. The van der Waals surface area contributed by atoms with Gasteiger partial charge in [0.1, 0.15) is 11.4 Å². The lowest BCUT2D eigenvalue weighted by Gasteiger charge is -2.05. The van der Waals surface area contributed by atoms with Crippen LogP contribution in [0.4, 0.5) is 11.4 Å². The third-order valence-corrected chi connectivity index (χ3v) is 4.79. The van der Waals surface area contributed by atoms with Crippen molar-refractivity contribution < 1.29 is 14.4 Å². The zero-order valence-corrected chi connectivity index (χ0v) is 16.6. The van der Waals surface area contributed by atoms with Gasteiger partial charge in [0.25, 0.3) is 11.6 Å². The molecule has 0 saturated heterocycles. The van der Waals surface area contributed by atoms with E-state index in [2.05, 4.69) is 15.2 Å². The first-order valence-corrected chi connectivity index (χ1v) is 9.19. The summed E-state index contributed by atoms with van der Waals surface area (Å²) in [6.07, 6.45) is 0. The Hall–Kier alpha value is -4.41. The molecule has 2 aromatic carbocycles. The average molecular weight is 420 g/mol. The van der Waals surface area contributed by atoms with Gasteiger partial charge in [-0.2, -0.15) is 10.1 Å². The summed E-state index contributed by atoms with van der Waals surface area (Å²) in [5, 5.41) is 30.2. The van der Waals surface area contributed by atoms with Crippen molar-refractivity contribution in [3.05, 3.63) is 85.7 Å². The van der Waals surface area contributed by atoms with Crippen LogP contribution >= 0.6 is 0 Å². The average Bonchev–Trinajstić information content (AvgIpc) is 3.33. The molecule has 0 aliphatic heterocycles. The van der Waals surface area contributed by atoms with Crippen molar-refractivity contribution in [1.29, 1.82) is 0 Å². The Balaban J connectivity index is 1.59. The van der Waals surface area contributed by atoms with E-state index in [1.807, 2.05) is 18.2 Å². The van der Waals surface area contributed by atoms with Gasteiger partial charge in [0.05, 0.1) is 16.4 Å². The number of nitro groups is 2. The third kappa shape index (κ3) is 3.88. The number of benzene rings is 2. The summed E-state index contributed by atoms with van der Waals surface area (Å²) in [7, 11) is 0. The smallest absolute Gasteiger partial charge is 0.312 e. The molecule has 0 aliphatic rings. The van der Waals surface area contributed by atoms with Crippen LogP contribution < -0.4 is 0 Å². The van der Waals surface area contributed by atoms with Crippen molar-refractivity contribution in [3.8, 4) is 22.8 Å². The van der Waals surface area contributed by atoms with E-state index in [1.54, 1.807) is 36.7 Å². The summed E-state index contributed by atoms with van der Waals surface area (Å²) < 4.78 is 6.95. The van der Waals surface area contributed by atoms with Crippen molar-refractivity contribution in [2.24, 2.45) is 0 Å². The summed E-state index contributed by atoms with van der Waals surface area (Å²) in [6.45, 7) is 3.62. The molecular weight excluding hydrogens is 404 g/mol. The standard InChI is InChI=1S/C20H16N6O5/c1-12-18(26(29)30)13(2)24(22-12)11-14-4-3-5-16(10-14)20-21-19(23-31-20)15-6-8-17(9-7-15)25(27)28/h3-10H,11H2,1-2H3. The molecule has 4 rings (SSSR count). The summed E-state index contributed by atoms with van der Waals surface area (Å²) in [4.78, 5) is 25.5. The number of aryl methyl sites for hydroxylation is 1. The van der Waals surface area contributed by atoms with Crippen LogP contribution in [-0.2, 0) is 6.54 Å². The molecule has 0 unspecified atom stereocenters. The molecule has 2 aromatic heterocycles. The van der Waals surface area contributed by atoms with Gasteiger partial charge in [0, 0.05) is 23.3 Å². The van der Waals surface area contributed by atoms with Gasteiger partial charge in [0.2, 0.25) is 5.82 Å². The SMILES string of the molecule is Cc1nn(Cc2cccc(-c3nc(-c4ccc([N+](=O)[O-])cc4)no3)c2)c(C)c1[N+](=O)[O-]. The van der Waals surface area contributed by atoms with Crippen molar-refractivity contribution >= 4 is 11.4 Å². The highest BCUT2D eigenvalue weighted by atomic mass is 16.6. The summed E-state index contributed by atoms with van der Waals surface area (Å²) in [5.74, 6) is 0.596. The number of nitro benzene ring substituents is 1. The van der Waals surface area contributed by atoms with Gasteiger partial charge < -0.3 is 4.52 Å². The lowest BCUT2D eigenvalue weighted by Crippen LogP contribution is -2.04. The predicted octanol–water partition coefficient (Wildman–Crippen LogP) is 4.08. The second kappa shape index (κ2) is 7.78. The Morgan fingerprint density at radius 3 is 2.39 bits per heavy atom. The van der Waals surface area contributed by atoms with E-state index in [0.717, 1.165) is 5.56 Å². The van der Waals surface area contributed by atoms with Gasteiger partial charge in [-0.05, 0) is 43.7 Å². The lowest BCUT2D eigenvalue weighted by molar-refractivity contribution is -0.386. The molecule has 0 spiro atoms. The van der Waals surface area contributed by atoms with Crippen molar-refractivity contribution in [3.63, 3.8) is 0 Å². The fourth-order valence-corrected chi connectivity index (χ4v) is 3.27. The first kappa shape index (κ1) is 19.9. The van der Waals surface area contributed by atoms with Gasteiger partial charge in [-0.25, -0.2) is 0 Å². The highest BCUT2D eigenvalue weighted by molar-refractivity contribution is 5.61. The summed E-state index contributed by atoms with van der Waals surface area (Å²) >= 11 is 0. The van der Waals surface area contributed by atoms with Crippen LogP contribution in [0.5, 0.6) is 0 Å². The Labute approximate surface area is 175 Å². The minimum Gasteiger partial charge on any atom is -0.334 e. The van der Waals surface area contributed by atoms with Crippen LogP contribution in [0.15, 0.2) is 53.1 Å². The first-order chi connectivity index (χ1) is 14.8. The fourth-order valence-electron chi connectivity index (χ4n) is 3.27. The number of hydrogen-bond donors (Lipinski definition) is 0.